The minimum Gasteiger partial charge on any atom is -0.541 e. The largest absolute Gasteiger partial charge is 1.00 e. The molecule has 0 aliphatic heterocycles. The molecule has 42 valence electrons. The molecule has 0 spiro atoms. The minimum absolute atomic E-state index is 0. The SMILES string of the molecule is O=C([O-])c1nc[nH]n1.[Na+]. The van der Waals surface area contributed by atoms with Crippen molar-refractivity contribution in [2.45, 2.75) is 0 Å². The van der Waals surface area contributed by atoms with Gasteiger partial charge in [0.05, 0.1) is 0 Å². The molecule has 1 rings (SSSR count). The molecule has 1 N–H and O–H groups in total. The molecule has 1 aromatic heterocycles. The van der Waals surface area contributed by atoms with Gasteiger partial charge < -0.3 is 9.90 Å². The summed E-state index contributed by atoms with van der Waals surface area (Å²) in [4.78, 5) is 13.1. The van der Waals surface area contributed by atoms with Gasteiger partial charge in [-0.3, -0.25) is 5.10 Å². The van der Waals surface area contributed by atoms with E-state index in [4.69, 9.17) is 0 Å². The molecule has 0 fully saturated rings. The van der Waals surface area contributed by atoms with E-state index in [9.17, 15) is 9.90 Å². The van der Waals surface area contributed by atoms with Crippen LogP contribution in [0.25, 0.3) is 0 Å². The molecule has 0 radical (unpaired) electrons. The standard InChI is InChI=1S/C3H3N3O2.Na/c7-3(8)2-4-1-5-6-2;/h1H,(H,7,8)(H,4,5,6);/q;+1/p-1. The number of nitrogens with zero attached hydrogens (tertiary/aromatic N) is 2. The number of aromatic amines is 1. The van der Waals surface area contributed by atoms with Gasteiger partial charge in [-0.1, -0.05) is 0 Å². The van der Waals surface area contributed by atoms with Gasteiger partial charge in [-0.05, 0) is 0 Å². The molecule has 5 nitrogen and oxygen atoms in total. The smallest absolute Gasteiger partial charge is 0.541 e. The molecule has 6 heteroatoms. The summed E-state index contributed by atoms with van der Waals surface area (Å²) in [6, 6.07) is 0. The molecule has 1 heterocycles. The molecular weight excluding hydrogens is 133 g/mol. The van der Waals surface area contributed by atoms with Gasteiger partial charge in [0.25, 0.3) is 0 Å². The molecule has 0 aromatic carbocycles. The molecule has 0 atom stereocenters. The summed E-state index contributed by atoms with van der Waals surface area (Å²) in [5.74, 6) is -1.68. The van der Waals surface area contributed by atoms with Crippen molar-refractivity contribution in [1.82, 2.24) is 15.2 Å². The van der Waals surface area contributed by atoms with E-state index < -0.39 is 5.97 Å². The molecule has 9 heavy (non-hydrogen) atoms. The van der Waals surface area contributed by atoms with E-state index >= 15 is 0 Å². The maximum absolute atomic E-state index is 9.81. The van der Waals surface area contributed by atoms with Gasteiger partial charge in [0.1, 0.15) is 12.3 Å². The Morgan fingerprint density at radius 3 is 2.67 bits per heavy atom. The number of H-pyrrole nitrogens is 1. The number of carboxylic acid groups (broad SMARTS) is 1. The van der Waals surface area contributed by atoms with Crippen LogP contribution in [0.3, 0.4) is 0 Å². The molecule has 0 bridgehead atoms. The molecule has 0 aliphatic carbocycles. The third-order valence-electron chi connectivity index (χ3n) is 0.598. The third-order valence-corrected chi connectivity index (χ3v) is 0.598. The summed E-state index contributed by atoms with van der Waals surface area (Å²) in [6.45, 7) is 0. The van der Waals surface area contributed by atoms with Crippen LogP contribution in [0, 0.1) is 0 Å². The summed E-state index contributed by atoms with van der Waals surface area (Å²) >= 11 is 0. The fraction of sp³-hybridized carbons (Fsp3) is 0. The fourth-order valence-electron chi connectivity index (χ4n) is 0.307. The predicted octanol–water partition coefficient (Wildman–Crippen LogP) is -4.83. The van der Waals surface area contributed by atoms with Gasteiger partial charge in [-0.25, -0.2) is 4.98 Å². The summed E-state index contributed by atoms with van der Waals surface area (Å²) < 4.78 is 0. The zero-order valence-corrected chi connectivity index (χ0v) is 6.79. The molecule has 1 aromatic rings. The van der Waals surface area contributed by atoms with Crippen molar-refractivity contribution in [2.75, 3.05) is 0 Å². The van der Waals surface area contributed by atoms with Crippen molar-refractivity contribution >= 4 is 5.97 Å². The van der Waals surface area contributed by atoms with Gasteiger partial charge in [0, 0.05) is 0 Å². The zero-order chi connectivity index (χ0) is 5.98. The average Bonchev–Trinajstić information content (AvgIpc) is 2.12. The van der Waals surface area contributed by atoms with E-state index in [1.165, 1.54) is 6.33 Å². The van der Waals surface area contributed by atoms with E-state index in [2.05, 4.69) is 15.2 Å². The maximum atomic E-state index is 9.81. The second kappa shape index (κ2) is 3.60. The topological polar surface area (TPSA) is 81.7 Å². The summed E-state index contributed by atoms with van der Waals surface area (Å²) in [5.41, 5.74) is 0. The van der Waals surface area contributed by atoms with Crippen LogP contribution in [-0.2, 0) is 0 Å². The van der Waals surface area contributed by atoms with Crippen molar-refractivity contribution in [3.63, 3.8) is 0 Å². The number of carbonyl (C=O) groups excluding carboxylic acids is 1. The van der Waals surface area contributed by atoms with Crippen molar-refractivity contribution in [3.05, 3.63) is 12.2 Å². The number of hydrogen-bond acceptors (Lipinski definition) is 4. The maximum Gasteiger partial charge on any atom is 1.00 e. The second-order valence-electron chi connectivity index (χ2n) is 1.11. The van der Waals surface area contributed by atoms with Gasteiger partial charge in [0.2, 0.25) is 0 Å². The van der Waals surface area contributed by atoms with Crippen LogP contribution in [0.15, 0.2) is 6.33 Å². The van der Waals surface area contributed by atoms with E-state index in [0.29, 0.717) is 0 Å². The quantitative estimate of drug-likeness (QED) is 0.391. The van der Waals surface area contributed by atoms with E-state index in [1.807, 2.05) is 0 Å². The number of hydrogen-bond donors (Lipinski definition) is 1. The Morgan fingerprint density at radius 1 is 1.78 bits per heavy atom. The Labute approximate surface area is 72.8 Å². The van der Waals surface area contributed by atoms with Crippen LogP contribution in [0.2, 0.25) is 0 Å². The first-order chi connectivity index (χ1) is 3.80. The summed E-state index contributed by atoms with van der Waals surface area (Å²) in [6.07, 6.45) is 1.17. The molecule has 0 amide bonds. The molecule has 0 saturated carbocycles. The van der Waals surface area contributed by atoms with Gasteiger partial charge in [0.15, 0.2) is 5.82 Å². The van der Waals surface area contributed by atoms with Crippen LogP contribution in [-0.4, -0.2) is 21.2 Å². The second-order valence-corrected chi connectivity index (χ2v) is 1.11. The Hall–Kier alpha value is -0.390. The Kier molecular flexibility index (Phi) is 3.44. The normalized spacial score (nSPS) is 8.00. The molecule has 0 unspecified atom stereocenters. The van der Waals surface area contributed by atoms with Crippen LogP contribution in [0.5, 0.6) is 0 Å². The predicted molar refractivity (Wildman–Crippen MR) is 20.7 cm³/mol. The van der Waals surface area contributed by atoms with Crippen LogP contribution >= 0.6 is 0 Å². The number of nitrogens with one attached hydrogen (secondary N) is 1. The first kappa shape index (κ1) is 8.61. The Balaban J connectivity index is 0.000000640. The summed E-state index contributed by atoms with van der Waals surface area (Å²) in [7, 11) is 0. The van der Waals surface area contributed by atoms with Crippen molar-refractivity contribution in [1.29, 1.82) is 0 Å². The first-order valence-corrected chi connectivity index (χ1v) is 1.88. The molecule has 0 saturated heterocycles. The number of carbonyl (C=O) groups is 1. The van der Waals surface area contributed by atoms with Crippen molar-refractivity contribution in [3.8, 4) is 0 Å². The third kappa shape index (κ3) is 2.13. The van der Waals surface area contributed by atoms with Gasteiger partial charge >= 0.3 is 29.6 Å². The monoisotopic (exact) mass is 135 g/mol. The molecule has 0 aliphatic rings. The van der Waals surface area contributed by atoms with Crippen molar-refractivity contribution in [2.24, 2.45) is 0 Å². The van der Waals surface area contributed by atoms with Crippen molar-refractivity contribution < 1.29 is 39.5 Å². The number of rotatable bonds is 1. The summed E-state index contributed by atoms with van der Waals surface area (Å²) in [5, 5.41) is 15.3. The molecular formula is C3H2N3NaO2. The van der Waals surface area contributed by atoms with Crippen LogP contribution < -0.4 is 34.7 Å². The number of aromatic carboxylic acids is 1. The van der Waals surface area contributed by atoms with Crippen LogP contribution in [0.4, 0.5) is 0 Å². The Bertz CT molecular complexity index is 185. The Morgan fingerprint density at radius 2 is 2.44 bits per heavy atom. The fourth-order valence-corrected chi connectivity index (χ4v) is 0.307. The van der Waals surface area contributed by atoms with Gasteiger partial charge in [-0.15, -0.1) is 0 Å². The van der Waals surface area contributed by atoms with Crippen LogP contribution in [0.1, 0.15) is 10.6 Å². The average molecular weight is 135 g/mol. The number of aromatic nitrogens is 3. The van der Waals surface area contributed by atoms with Gasteiger partial charge in [-0.2, -0.15) is 5.10 Å². The van der Waals surface area contributed by atoms with E-state index in [0.717, 1.165) is 0 Å². The zero-order valence-electron chi connectivity index (χ0n) is 4.79. The van der Waals surface area contributed by atoms with E-state index in [1.54, 1.807) is 0 Å². The minimum atomic E-state index is -1.37. The first-order valence-electron chi connectivity index (χ1n) is 1.88. The number of carboxylic acids is 1. The van der Waals surface area contributed by atoms with E-state index in [-0.39, 0.29) is 35.4 Å².